The summed E-state index contributed by atoms with van der Waals surface area (Å²) in [6.45, 7) is 2.22. The summed E-state index contributed by atoms with van der Waals surface area (Å²) in [5, 5.41) is 3.16. The second kappa shape index (κ2) is 8.06. The third-order valence-electron chi connectivity index (χ3n) is 3.26. The van der Waals surface area contributed by atoms with Crippen LogP contribution < -0.4 is 5.32 Å². The molecule has 1 fully saturated rings. The van der Waals surface area contributed by atoms with Crippen LogP contribution in [-0.4, -0.2) is 46.7 Å². The molecule has 0 radical (unpaired) electrons. The zero-order valence-corrected chi connectivity index (χ0v) is 11.6. The lowest BCUT2D eigenvalue weighted by Gasteiger charge is -2.10. The molecule has 1 saturated carbocycles. The van der Waals surface area contributed by atoms with Crippen molar-refractivity contribution in [1.82, 2.24) is 5.32 Å². The van der Waals surface area contributed by atoms with Gasteiger partial charge in [0.1, 0.15) is 0 Å². The Morgan fingerprint density at radius 3 is 2.59 bits per heavy atom. The Balaban J connectivity index is 2.07. The van der Waals surface area contributed by atoms with E-state index in [1.165, 1.54) is 12.8 Å². The largest absolute Gasteiger partial charge is 0.383 e. The van der Waals surface area contributed by atoms with Gasteiger partial charge in [0.05, 0.1) is 18.1 Å². The average molecular weight is 263 g/mol. The summed E-state index contributed by atoms with van der Waals surface area (Å²) in [6, 6.07) is 0. The van der Waals surface area contributed by atoms with Gasteiger partial charge in [-0.3, -0.25) is 0 Å². The first-order valence-corrected chi connectivity index (χ1v) is 8.36. The quantitative estimate of drug-likeness (QED) is 0.636. The Kier molecular flexibility index (Phi) is 7.08. The fraction of sp³-hybridized carbons (Fsp3) is 1.00. The normalized spacial score (nSPS) is 17.7. The molecule has 5 heteroatoms. The average Bonchev–Trinajstić information content (AvgIpc) is 2.75. The molecule has 0 amide bonds. The summed E-state index contributed by atoms with van der Waals surface area (Å²) < 4.78 is 28.5. The second-order valence-corrected chi connectivity index (χ2v) is 7.09. The first-order chi connectivity index (χ1) is 8.14. The molecular weight excluding hydrogens is 238 g/mol. The predicted molar refractivity (Wildman–Crippen MR) is 70.0 cm³/mol. The van der Waals surface area contributed by atoms with Crippen LogP contribution in [0.1, 0.15) is 32.1 Å². The van der Waals surface area contributed by atoms with Gasteiger partial charge >= 0.3 is 0 Å². The van der Waals surface area contributed by atoms with E-state index in [4.69, 9.17) is 4.74 Å². The molecule has 0 aliphatic heterocycles. The molecule has 17 heavy (non-hydrogen) atoms. The zero-order chi connectivity index (χ0) is 12.6. The molecule has 1 rings (SSSR count). The van der Waals surface area contributed by atoms with Crippen molar-refractivity contribution in [3.63, 3.8) is 0 Å². The van der Waals surface area contributed by atoms with Gasteiger partial charge in [-0.05, 0) is 31.7 Å². The molecular formula is C12H25NO3S. The molecule has 0 spiro atoms. The molecule has 1 aliphatic carbocycles. The van der Waals surface area contributed by atoms with Gasteiger partial charge in [-0.1, -0.05) is 12.8 Å². The van der Waals surface area contributed by atoms with Gasteiger partial charge < -0.3 is 10.1 Å². The summed E-state index contributed by atoms with van der Waals surface area (Å²) in [7, 11) is -1.17. The number of nitrogens with one attached hydrogen (secondary N) is 1. The molecule has 1 N–H and O–H groups in total. The number of hydrogen-bond acceptors (Lipinski definition) is 4. The maximum absolute atomic E-state index is 11.8. The van der Waals surface area contributed by atoms with E-state index in [0.29, 0.717) is 30.5 Å². The van der Waals surface area contributed by atoms with Crippen LogP contribution in [0.5, 0.6) is 0 Å². The van der Waals surface area contributed by atoms with Gasteiger partial charge in [-0.25, -0.2) is 8.42 Å². The highest BCUT2D eigenvalue weighted by atomic mass is 32.2. The first kappa shape index (κ1) is 14.9. The van der Waals surface area contributed by atoms with Gasteiger partial charge in [-0.15, -0.1) is 0 Å². The van der Waals surface area contributed by atoms with Gasteiger partial charge in [0.15, 0.2) is 9.84 Å². The molecule has 0 bridgehead atoms. The highest BCUT2D eigenvalue weighted by molar-refractivity contribution is 7.91. The predicted octanol–water partition coefficient (Wildman–Crippen LogP) is 1.22. The van der Waals surface area contributed by atoms with E-state index in [1.54, 1.807) is 7.11 Å². The van der Waals surface area contributed by atoms with Crippen molar-refractivity contribution in [2.45, 2.75) is 32.1 Å². The molecule has 4 nitrogen and oxygen atoms in total. The van der Waals surface area contributed by atoms with E-state index >= 15 is 0 Å². The summed E-state index contributed by atoms with van der Waals surface area (Å²) in [5.74, 6) is 1.16. The Hall–Kier alpha value is -0.130. The van der Waals surface area contributed by atoms with Crippen molar-refractivity contribution in [3.8, 4) is 0 Å². The van der Waals surface area contributed by atoms with E-state index in [0.717, 1.165) is 25.9 Å². The summed E-state index contributed by atoms with van der Waals surface area (Å²) in [5.41, 5.74) is 0. The van der Waals surface area contributed by atoms with Crippen LogP contribution in [0.2, 0.25) is 0 Å². The fourth-order valence-electron chi connectivity index (χ4n) is 2.34. The monoisotopic (exact) mass is 263 g/mol. The fourth-order valence-corrected chi connectivity index (χ4v) is 4.14. The van der Waals surface area contributed by atoms with Crippen LogP contribution in [0.4, 0.5) is 0 Å². The topological polar surface area (TPSA) is 55.4 Å². The molecule has 0 aromatic rings. The lowest BCUT2D eigenvalue weighted by molar-refractivity contribution is 0.199. The van der Waals surface area contributed by atoms with Crippen LogP contribution in [0.15, 0.2) is 0 Å². The van der Waals surface area contributed by atoms with Crippen LogP contribution in [-0.2, 0) is 14.6 Å². The molecule has 0 heterocycles. The molecule has 0 aromatic carbocycles. The smallest absolute Gasteiger partial charge is 0.150 e. The molecule has 0 aromatic heterocycles. The van der Waals surface area contributed by atoms with Crippen molar-refractivity contribution in [2.75, 3.05) is 38.3 Å². The number of sulfone groups is 1. The third-order valence-corrected chi connectivity index (χ3v) is 5.15. The van der Waals surface area contributed by atoms with E-state index in [-0.39, 0.29) is 0 Å². The van der Waals surface area contributed by atoms with Gasteiger partial charge in [-0.2, -0.15) is 0 Å². The lowest BCUT2D eigenvalue weighted by Crippen LogP contribution is -2.24. The highest BCUT2D eigenvalue weighted by Crippen LogP contribution is 2.26. The highest BCUT2D eigenvalue weighted by Gasteiger charge is 2.21. The Labute approximate surface area is 105 Å². The first-order valence-electron chi connectivity index (χ1n) is 6.54. The van der Waals surface area contributed by atoms with Crippen molar-refractivity contribution >= 4 is 9.84 Å². The lowest BCUT2D eigenvalue weighted by atomic mass is 10.1. The minimum absolute atomic E-state index is 0.323. The van der Waals surface area contributed by atoms with Crippen LogP contribution >= 0.6 is 0 Å². The number of methoxy groups -OCH3 is 1. The number of hydrogen-bond donors (Lipinski definition) is 1. The van der Waals surface area contributed by atoms with Crippen molar-refractivity contribution in [1.29, 1.82) is 0 Å². The SMILES string of the molecule is COCCNCCCS(=O)(=O)CC1CCCC1. The van der Waals surface area contributed by atoms with E-state index in [2.05, 4.69) is 5.32 Å². The molecule has 0 saturated heterocycles. The van der Waals surface area contributed by atoms with Crippen molar-refractivity contribution in [3.05, 3.63) is 0 Å². The van der Waals surface area contributed by atoms with E-state index < -0.39 is 9.84 Å². The maximum atomic E-state index is 11.8. The third kappa shape index (κ3) is 7.01. The Bertz CT molecular complexity index is 284. The maximum Gasteiger partial charge on any atom is 0.150 e. The Morgan fingerprint density at radius 2 is 1.94 bits per heavy atom. The standard InChI is InChI=1S/C12H25NO3S/c1-16-9-8-13-7-4-10-17(14,15)11-12-5-2-3-6-12/h12-13H,2-11H2,1H3. The molecule has 1 aliphatic rings. The van der Waals surface area contributed by atoms with Crippen LogP contribution in [0, 0.1) is 5.92 Å². The minimum atomic E-state index is -2.83. The summed E-state index contributed by atoms with van der Waals surface area (Å²) in [4.78, 5) is 0. The molecule has 102 valence electrons. The zero-order valence-electron chi connectivity index (χ0n) is 10.8. The minimum Gasteiger partial charge on any atom is -0.383 e. The van der Waals surface area contributed by atoms with Crippen LogP contribution in [0.3, 0.4) is 0 Å². The van der Waals surface area contributed by atoms with Crippen LogP contribution in [0.25, 0.3) is 0 Å². The van der Waals surface area contributed by atoms with Gasteiger partial charge in [0, 0.05) is 13.7 Å². The van der Waals surface area contributed by atoms with Crippen molar-refractivity contribution in [2.24, 2.45) is 5.92 Å². The second-order valence-electron chi connectivity index (χ2n) is 4.86. The summed E-state index contributed by atoms with van der Waals surface area (Å²) >= 11 is 0. The number of ether oxygens (including phenoxy) is 1. The molecule has 0 atom stereocenters. The van der Waals surface area contributed by atoms with Crippen molar-refractivity contribution < 1.29 is 13.2 Å². The Morgan fingerprint density at radius 1 is 1.24 bits per heavy atom. The van der Waals surface area contributed by atoms with E-state index in [1.807, 2.05) is 0 Å². The number of rotatable bonds is 9. The van der Waals surface area contributed by atoms with Gasteiger partial charge in [0.25, 0.3) is 0 Å². The summed E-state index contributed by atoms with van der Waals surface area (Å²) in [6.07, 6.45) is 5.33. The molecule has 0 unspecified atom stereocenters. The van der Waals surface area contributed by atoms with Gasteiger partial charge in [0.2, 0.25) is 0 Å². The van der Waals surface area contributed by atoms with E-state index in [9.17, 15) is 8.42 Å².